The topological polar surface area (TPSA) is 167 Å². The number of hydrogen-bond acceptors (Lipinski definition) is 8. The largest absolute Gasteiger partial charge is 0.289 e. The summed E-state index contributed by atoms with van der Waals surface area (Å²) >= 11 is 0. The highest BCUT2D eigenvalue weighted by molar-refractivity contribution is 6.41. The molecule has 34 heavy (non-hydrogen) atoms. The summed E-state index contributed by atoms with van der Waals surface area (Å²) in [4.78, 5) is 100. The van der Waals surface area contributed by atoms with Crippen LogP contribution in [0, 0.1) is 0 Å². The second-order valence-electron chi connectivity index (χ2n) is 7.30. The van der Waals surface area contributed by atoms with Crippen LogP contribution in [0.5, 0.6) is 0 Å². The highest BCUT2D eigenvalue weighted by Gasteiger charge is 2.40. The van der Waals surface area contributed by atoms with Crippen molar-refractivity contribution in [1.82, 2.24) is 10.6 Å². The van der Waals surface area contributed by atoms with Gasteiger partial charge in [-0.2, -0.15) is 0 Å². The minimum absolute atomic E-state index is 0.134. The monoisotopic (exact) mass is 458 g/mol. The van der Waals surface area contributed by atoms with E-state index in [0.29, 0.717) is 9.80 Å². The molecule has 0 aliphatic carbocycles. The first-order valence-corrected chi connectivity index (χ1v) is 9.61. The van der Waals surface area contributed by atoms with Gasteiger partial charge in [-0.05, 0) is 0 Å². The smallest absolute Gasteiger partial charge is 0.258 e. The summed E-state index contributed by atoms with van der Waals surface area (Å²) in [6.07, 6.45) is 5.61. The van der Waals surface area contributed by atoms with Crippen molar-refractivity contribution in [3.8, 4) is 0 Å². The first-order valence-electron chi connectivity index (χ1n) is 9.61. The van der Waals surface area contributed by atoms with E-state index < -0.39 is 47.3 Å². The molecule has 0 fully saturated rings. The molecular weight excluding hydrogens is 448 g/mol. The average molecular weight is 458 g/mol. The lowest BCUT2D eigenvalue weighted by atomic mass is 9.94. The lowest BCUT2D eigenvalue weighted by Crippen LogP contribution is -2.37. The summed E-state index contributed by atoms with van der Waals surface area (Å²) in [5.41, 5.74) is -1.52. The van der Waals surface area contributed by atoms with Crippen molar-refractivity contribution >= 4 is 69.8 Å². The van der Waals surface area contributed by atoms with E-state index in [1.807, 2.05) is 10.6 Å². The van der Waals surface area contributed by atoms with Crippen LogP contribution in [-0.4, -0.2) is 47.3 Å². The minimum Gasteiger partial charge on any atom is -0.289 e. The van der Waals surface area contributed by atoms with Crippen LogP contribution in [0.2, 0.25) is 0 Å². The minimum atomic E-state index is -0.858. The van der Waals surface area contributed by atoms with Gasteiger partial charge in [0.15, 0.2) is 0 Å². The Morgan fingerprint density at radius 2 is 0.824 bits per heavy atom. The molecule has 166 valence electrons. The number of imide groups is 4. The molecule has 2 N–H and O–H groups in total. The van der Waals surface area contributed by atoms with Crippen LogP contribution >= 0.6 is 0 Å². The van der Waals surface area contributed by atoms with Gasteiger partial charge in [0.25, 0.3) is 47.3 Å². The van der Waals surface area contributed by atoms with Gasteiger partial charge >= 0.3 is 0 Å². The van der Waals surface area contributed by atoms with E-state index in [1.54, 1.807) is 0 Å². The lowest BCUT2D eigenvalue weighted by Gasteiger charge is -2.28. The van der Waals surface area contributed by atoms with Gasteiger partial charge < -0.3 is 0 Å². The summed E-state index contributed by atoms with van der Waals surface area (Å²) in [6.45, 7) is 0. The molecule has 0 aromatic heterocycles. The van der Waals surface area contributed by atoms with Gasteiger partial charge in [-0.25, -0.2) is 9.80 Å². The molecule has 0 spiro atoms. The van der Waals surface area contributed by atoms with Crippen molar-refractivity contribution in [2.24, 2.45) is 0 Å². The first-order chi connectivity index (χ1) is 16.2. The molecule has 8 amide bonds. The predicted octanol–water partition coefficient (Wildman–Crippen LogP) is -1.38. The fourth-order valence-corrected chi connectivity index (χ4v) is 3.93. The molecule has 0 saturated heterocycles. The van der Waals surface area contributed by atoms with E-state index in [4.69, 9.17) is 0 Å². The van der Waals surface area contributed by atoms with Crippen LogP contribution in [0.1, 0.15) is 11.1 Å². The average Bonchev–Trinajstić information content (AvgIpc) is 3.49. The third kappa shape index (κ3) is 2.93. The highest BCUT2D eigenvalue weighted by Crippen LogP contribution is 2.45. The fraction of sp³-hybridized carbons (Fsp3) is 0. The van der Waals surface area contributed by atoms with Gasteiger partial charge in [-0.3, -0.25) is 49.0 Å². The predicted molar refractivity (Wildman–Crippen MR) is 112 cm³/mol. The number of benzene rings is 1. The summed E-state index contributed by atoms with van der Waals surface area (Å²) in [5, 5.41) is 4.08. The van der Waals surface area contributed by atoms with Gasteiger partial charge in [0.05, 0.1) is 22.5 Å². The number of amides is 8. The molecule has 4 aliphatic heterocycles. The number of carbonyl (C=O) groups is 8. The summed E-state index contributed by atoms with van der Waals surface area (Å²) in [7, 11) is 0. The molecular formula is C22H10N4O8. The van der Waals surface area contributed by atoms with E-state index in [9.17, 15) is 38.4 Å². The Labute approximate surface area is 188 Å². The number of nitrogens with one attached hydrogen (secondary N) is 2. The Hall–Kier alpha value is -5.26. The quantitative estimate of drug-likeness (QED) is 0.521. The van der Waals surface area contributed by atoms with Crippen molar-refractivity contribution in [1.29, 1.82) is 0 Å². The van der Waals surface area contributed by atoms with Crippen LogP contribution in [0.4, 0.5) is 11.4 Å². The molecule has 4 aliphatic rings. The molecule has 0 bridgehead atoms. The Balaban J connectivity index is 1.89. The van der Waals surface area contributed by atoms with E-state index >= 15 is 0 Å². The van der Waals surface area contributed by atoms with Crippen molar-refractivity contribution < 1.29 is 38.4 Å². The standard InChI is InChI=1S/C22H10N4O8/c27-13-7-11(21(33)23-13)9-1-2-10(12-8-14(28)24-22(12)34)20(26-17(31)5-6-18(26)32)19(9)25-15(29)3-4-16(25)30/h1-8H,(H,23,27,33)(H,24,28,34). The molecule has 12 nitrogen and oxygen atoms in total. The molecule has 0 saturated carbocycles. The van der Waals surface area contributed by atoms with Gasteiger partial charge in [-0.15, -0.1) is 0 Å². The number of carbonyl (C=O) groups excluding carboxylic acids is 8. The van der Waals surface area contributed by atoms with Crippen molar-refractivity contribution in [2.75, 3.05) is 9.80 Å². The van der Waals surface area contributed by atoms with Crippen LogP contribution in [-0.2, 0) is 38.4 Å². The van der Waals surface area contributed by atoms with Crippen molar-refractivity contribution in [3.05, 3.63) is 59.7 Å². The van der Waals surface area contributed by atoms with E-state index in [2.05, 4.69) is 0 Å². The molecule has 1 aromatic carbocycles. The normalized spacial score (nSPS) is 19.5. The molecule has 0 radical (unpaired) electrons. The maximum atomic E-state index is 12.7. The van der Waals surface area contributed by atoms with Crippen LogP contribution in [0.25, 0.3) is 11.1 Å². The Morgan fingerprint density at radius 1 is 0.500 bits per heavy atom. The van der Waals surface area contributed by atoms with E-state index in [1.165, 1.54) is 12.1 Å². The molecule has 4 heterocycles. The zero-order valence-electron chi connectivity index (χ0n) is 16.8. The first kappa shape index (κ1) is 20.6. The van der Waals surface area contributed by atoms with Crippen molar-refractivity contribution in [3.63, 3.8) is 0 Å². The number of nitrogens with zero attached hydrogens (tertiary/aromatic N) is 2. The Morgan fingerprint density at radius 3 is 1.09 bits per heavy atom. The molecule has 5 rings (SSSR count). The Bertz CT molecular complexity index is 1310. The Kier molecular flexibility index (Phi) is 4.33. The third-order valence-electron chi connectivity index (χ3n) is 5.31. The van der Waals surface area contributed by atoms with Crippen LogP contribution < -0.4 is 20.4 Å². The van der Waals surface area contributed by atoms with Crippen LogP contribution in [0.3, 0.4) is 0 Å². The van der Waals surface area contributed by atoms with Gasteiger partial charge in [0.1, 0.15) is 0 Å². The van der Waals surface area contributed by atoms with Gasteiger partial charge in [-0.1, -0.05) is 12.1 Å². The highest BCUT2D eigenvalue weighted by atomic mass is 16.2. The summed E-state index contributed by atoms with van der Waals surface area (Å²) < 4.78 is 0. The van der Waals surface area contributed by atoms with E-state index in [-0.39, 0.29) is 33.6 Å². The molecule has 0 atom stereocenters. The number of hydrogen-bond donors (Lipinski definition) is 2. The van der Waals surface area contributed by atoms with Crippen LogP contribution in [0.15, 0.2) is 48.6 Å². The molecule has 1 aromatic rings. The van der Waals surface area contributed by atoms with E-state index in [0.717, 1.165) is 36.5 Å². The van der Waals surface area contributed by atoms with Gasteiger partial charge in [0, 0.05) is 47.6 Å². The zero-order chi connectivity index (χ0) is 24.3. The molecule has 0 unspecified atom stereocenters. The summed E-state index contributed by atoms with van der Waals surface area (Å²) in [6, 6.07) is 2.48. The van der Waals surface area contributed by atoms with Gasteiger partial charge in [0.2, 0.25) is 0 Å². The number of rotatable bonds is 4. The zero-order valence-corrected chi connectivity index (χ0v) is 16.8. The second-order valence-corrected chi connectivity index (χ2v) is 7.30. The SMILES string of the molecule is O=C1C=C(c2ccc(C3=CC(=O)NC3=O)c(N3C(=O)C=CC3=O)c2N2C(=O)C=CC2=O)C(=O)N1. The fourth-order valence-electron chi connectivity index (χ4n) is 3.93. The lowest BCUT2D eigenvalue weighted by molar-refractivity contribution is -0.124. The van der Waals surface area contributed by atoms with Crippen molar-refractivity contribution in [2.45, 2.75) is 0 Å². The maximum Gasteiger partial charge on any atom is 0.258 e. The second kappa shape index (κ2) is 7.13. The number of anilines is 2. The maximum absolute atomic E-state index is 12.7. The molecule has 12 heteroatoms. The third-order valence-corrected chi connectivity index (χ3v) is 5.31. The summed E-state index contributed by atoms with van der Waals surface area (Å²) in [5.74, 6) is -6.64.